The number of hydroxylamine groups is 2. The van der Waals surface area contributed by atoms with Gasteiger partial charge in [0.15, 0.2) is 0 Å². The van der Waals surface area contributed by atoms with Crippen molar-refractivity contribution < 1.29 is 43.0 Å². The van der Waals surface area contributed by atoms with Gasteiger partial charge < -0.3 is 18.9 Å². The number of fused-ring (bicyclic) bond motifs is 1. The summed E-state index contributed by atoms with van der Waals surface area (Å²) in [7, 11) is 0. The maximum atomic E-state index is 12.2. The van der Waals surface area contributed by atoms with Gasteiger partial charge >= 0.3 is 23.9 Å². The van der Waals surface area contributed by atoms with E-state index in [0.29, 0.717) is 19.4 Å². The van der Waals surface area contributed by atoms with Crippen molar-refractivity contribution in [3.05, 3.63) is 0 Å². The molecule has 0 radical (unpaired) electrons. The Morgan fingerprint density at radius 1 is 1.04 bits per heavy atom. The smallest absolute Gasteiger partial charge is 0.313 e. The van der Waals surface area contributed by atoms with Gasteiger partial charge in [-0.2, -0.15) is 5.06 Å². The summed E-state index contributed by atoms with van der Waals surface area (Å²) in [6.07, 6.45) is -0.511. The summed E-state index contributed by atoms with van der Waals surface area (Å²) in [6, 6.07) is -0.280. The zero-order valence-corrected chi connectivity index (χ0v) is 15.3. The number of nitrogens with zero attached hydrogens (tertiary/aromatic N) is 1. The first-order valence-electron chi connectivity index (χ1n) is 8.92. The second-order valence-electron chi connectivity index (χ2n) is 6.96. The summed E-state index contributed by atoms with van der Waals surface area (Å²) < 4.78 is 20.4. The van der Waals surface area contributed by atoms with E-state index in [1.807, 2.05) is 0 Å². The van der Waals surface area contributed by atoms with Crippen LogP contribution in [0.2, 0.25) is 0 Å². The maximum Gasteiger partial charge on any atom is 0.313 e. The van der Waals surface area contributed by atoms with Crippen LogP contribution < -0.4 is 0 Å². The number of ether oxygens (including phenoxy) is 4. The molecule has 0 N–H and O–H groups in total. The lowest BCUT2D eigenvalue weighted by Gasteiger charge is -2.33. The fourth-order valence-electron chi connectivity index (χ4n) is 3.53. The van der Waals surface area contributed by atoms with Crippen LogP contribution in [-0.4, -0.2) is 73.1 Å². The minimum absolute atomic E-state index is 0.00608. The molecule has 5 atom stereocenters. The molecule has 3 fully saturated rings. The molecule has 3 rings (SSSR count). The largest absolute Gasteiger partial charge is 0.462 e. The predicted molar refractivity (Wildman–Crippen MR) is 85.7 cm³/mol. The Morgan fingerprint density at radius 2 is 1.67 bits per heavy atom. The second-order valence-corrected chi connectivity index (χ2v) is 6.96. The van der Waals surface area contributed by atoms with Gasteiger partial charge in [0.1, 0.15) is 31.3 Å². The third kappa shape index (κ3) is 4.95. The quantitative estimate of drug-likeness (QED) is 0.462. The molecule has 27 heavy (non-hydrogen) atoms. The lowest BCUT2D eigenvalue weighted by Crippen LogP contribution is -2.44. The molecular weight excluding hydrogens is 362 g/mol. The van der Waals surface area contributed by atoms with E-state index >= 15 is 0 Å². The first-order valence-corrected chi connectivity index (χ1v) is 8.92. The number of carbonyl (C=O) groups is 4. The van der Waals surface area contributed by atoms with Crippen molar-refractivity contribution in [2.45, 2.75) is 57.5 Å². The number of rotatable bonds is 5. The van der Waals surface area contributed by atoms with Gasteiger partial charge in [0.2, 0.25) is 0 Å². The molecule has 0 spiro atoms. The molecule has 0 aromatic heterocycles. The molecule has 0 aromatic carbocycles. The van der Waals surface area contributed by atoms with E-state index in [0.717, 1.165) is 0 Å². The van der Waals surface area contributed by atoms with Gasteiger partial charge in [0, 0.05) is 39.3 Å². The number of carbonyl (C=O) groups excluding carboxylic acids is 4. The van der Waals surface area contributed by atoms with Crippen LogP contribution in [-0.2, 0) is 43.0 Å². The van der Waals surface area contributed by atoms with Crippen LogP contribution in [0.1, 0.15) is 33.1 Å². The van der Waals surface area contributed by atoms with Crippen molar-refractivity contribution in [2.75, 3.05) is 19.8 Å². The van der Waals surface area contributed by atoms with Gasteiger partial charge in [0.25, 0.3) is 0 Å². The number of esters is 4. The first-order chi connectivity index (χ1) is 12.8. The monoisotopic (exact) mass is 385 g/mol. The van der Waals surface area contributed by atoms with E-state index in [4.69, 9.17) is 23.8 Å². The molecule has 0 amide bonds. The zero-order chi connectivity index (χ0) is 19.6. The maximum absolute atomic E-state index is 12.2. The van der Waals surface area contributed by atoms with Crippen molar-refractivity contribution in [1.29, 1.82) is 0 Å². The van der Waals surface area contributed by atoms with E-state index in [1.54, 1.807) is 5.06 Å². The Morgan fingerprint density at radius 3 is 2.30 bits per heavy atom. The highest BCUT2D eigenvalue weighted by atomic mass is 16.7. The summed E-state index contributed by atoms with van der Waals surface area (Å²) in [4.78, 5) is 51.9. The number of hydrogen-bond donors (Lipinski definition) is 0. The molecule has 150 valence electrons. The predicted octanol–water partition coefficient (Wildman–Crippen LogP) is -0.266. The van der Waals surface area contributed by atoms with Crippen LogP contribution >= 0.6 is 0 Å². The van der Waals surface area contributed by atoms with E-state index in [1.165, 1.54) is 13.8 Å². The average molecular weight is 385 g/mol. The highest BCUT2D eigenvalue weighted by Gasteiger charge is 2.49. The van der Waals surface area contributed by atoms with Gasteiger partial charge in [-0.25, -0.2) is 0 Å². The fraction of sp³-hybridized carbons (Fsp3) is 0.765. The number of hydrogen-bond acceptors (Lipinski definition) is 10. The molecule has 0 unspecified atom stereocenters. The molecule has 3 heterocycles. The molecule has 10 nitrogen and oxygen atoms in total. The summed E-state index contributed by atoms with van der Waals surface area (Å²) in [5.74, 6) is -2.15. The van der Waals surface area contributed by atoms with E-state index in [9.17, 15) is 19.2 Å². The summed E-state index contributed by atoms with van der Waals surface area (Å²) in [5, 5.41) is 1.63. The molecule has 3 aliphatic heterocycles. The molecule has 0 bridgehead atoms. The average Bonchev–Trinajstić information content (AvgIpc) is 3.02. The molecule has 3 saturated heterocycles. The standard InChI is InChI=1S/C17H23NO9/c1-9(19)23-7-12-3-11(4-16(21)25-12)18-6-14-15(27-18)5-13(26-17(14)22)8-24-10(2)20/h11-15H,3-8H2,1-2H3/t11-,12+,13+,14-,15-/m1/s1. The molecule has 10 heteroatoms. The van der Waals surface area contributed by atoms with Gasteiger partial charge in [-0.05, 0) is 0 Å². The topological polar surface area (TPSA) is 118 Å². The van der Waals surface area contributed by atoms with Crippen LogP contribution in [0, 0.1) is 5.92 Å². The van der Waals surface area contributed by atoms with Crippen molar-refractivity contribution in [3.63, 3.8) is 0 Å². The Bertz CT molecular complexity index is 622. The van der Waals surface area contributed by atoms with Gasteiger partial charge in [-0.1, -0.05) is 0 Å². The Kier molecular flexibility index (Phi) is 5.95. The van der Waals surface area contributed by atoms with Gasteiger partial charge in [0.05, 0.1) is 12.5 Å². The summed E-state index contributed by atoms with van der Waals surface area (Å²) in [6.45, 7) is 2.87. The molecule has 0 saturated carbocycles. The van der Waals surface area contributed by atoms with E-state index in [-0.39, 0.29) is 25.7 Å². The Balaban J connectivity index is 1.57. The Hall–Kier alpha value is -2.20. The van der Waals surface area contributed by atoms with Crippen molar-refractivity contribution in [3.8, 4) is 0 Å². The van der Waals surface area contributed by atoms with Crippen molar-refractivity contribution in [1.82, 2.24) is 5.06 Å². The molecule has 3 aliphatic rings. The van der Waals surface area contributed by atoms with Crippen LogP contribution in [0.5, 0.6) is 0 Å². The first kappa shape index (κ1) is 19.6. The Labute approximate surface area is 155 Å². The van der Waals surface area contributed by atoms with Crippen molar-refractivity contribution >= 4 is 23.9 Å². The van der Waals surface area contributed by atoms with Gasteiger partial charge in [-0.15, -0.1) is 0 Å². The van der Waals surface area contributed by atoms with E-state index in [2.05, 4.69) is 0 Å². The van der Waals surface area contributed by atoms with Crippen LogP contribution in [0.4, 0.5) is 0 Å². The normalized spacial score (nSPS) is 33.6. The van der Waals surface area contributed by atoms with Gasteiger partial charge in [-0.3, -0.25) is 24.0 Å². The zero-order valence-electron chi connectivity index (χ0n) is 15.3. The highest BCUT2D eigenvalue weighted by Crippen LogP contribution is 2.34. The lowest BCUT2D eigenvalue weighted by atomic mass is 9.94. The summed E-state index contributed by atoms with van der Waals surface area (Å²) >= 11 is 0. The third-order valence-electron chi connectivity index (χ3n) is 4.76. The third-order valence-corrected chi connectivity index (χ3v) is 4.76. The molecule has 0 aliphatic carbocycles. The SMILES string of the molecule is CC(=O)OC[C@@H]1C[C@@H](N2C[C@H]3C(=O)O[C@H](COC(C)=O)C[C@H]3O2)CC(=O)O1. The highest BCUT2D eigenvalue weighted by molar-refractivity contribution is 5.75. The van der Waals surface area contributed by atoms with E-state index < -0.39 is 48.1 Å². The lowest BCUT2D eigenvalue weighted by molar-refractivity contribution is -0.212. The van der Waals surface area contributed by atoms with Crippen LogP contribution in [0.15, 0.2) is 0 Å². The summed E-state index contributed by atoms with van der Waals surface area (Å²) in [5.41, 5.74) is 0. The second kappa shape index (κ2) is 8.22. The number of cyclic esters (lactones) is 2. The van der Waals surface area contributed by atoms with Crippen molar-refractivity contribution in [2.24, 2.45) is 5.92 Å². The molecular formula is C17H23NO9. The van der Waals surface area contributed by atoms with Crippen LogP contribution in [0.25, 0.3) is 0 Å². The fourth-order valence-corrected chi connectivity index (χ4v) is 3.53. The molecule has 0 aromatic rings. The minimum Gasteiger partial charge on any atom is -0.462 e. The van der Waals surface area contributed by atoms with Crippen LogP contribution in [0.3, 0.4) is 0 Å². The minimum atomic E-state index is -0.546.